The first-order chi connectivity index (χ1) is 13.6. The van der Waals surface area contributed by atoms with Crippen LogP contribution in [-0.4, -0.2) is 13.1 Å². The van der Waals surface area contributed by atoms with E-state index in [9.17, 15) is 4.79 Å². The van der Waals surface area contributed by atoms with E-state index in [0.717, 1.165) is 18.6 Å². The fourth-order valence-electron chi connectivity index (χ4n) is 3.82. The van der Waals surface area contributed by atoms with Gasteiger partial charge in [-0.25, -0.2) is 0 Å². The molecule has 0 saturated heterocycles. The molecule has 0 spiro atoms. The molecule has 28 heavy (non-hydrogen) atoms. The fraction of sp³-hybridized carbons (Fsp3) is 0.480. The van der Waals surface area contributed by atoms with Crippen molar-refractivity contribution in [3.8, 4) is 11.5 Å². The first-order valence-corrected chi connectivity index (χ1v) is 10.6. The summed E-state index contributed by atoms with van der Waals surface area (Å²) in [5.74, 6) is 1.20. The summed E-state index contributed by atoms with van der Waals surface area (Å²) in [6.45, 7) is 9.42. The number of methoxy groups -OCH3 is 1. The van der Waals surface area contributed by atoms with Crippen molar-refractivity contribution in [2.75, 3.05) is 7.11 Å². The van der Waals surface area contributed by atoms with Gasteiger partial charge in [-0.05, 0) is 48.2 Å². The Morgan fingerprint density at radius 1 is 0.750 bits per heavy atom. The quantitative estimate of drug-likeness (QED) is 0.424. The van der Waals surface area contributed by atoms with Crippen LogP contribution in [0, 0.1) is 0 Å². The molecule has 0 aromatic heterocycles. The Labute approximate surface area is 171 Å². The first kappa shape index (κ1) is 23.7. The molecule has 2 aromatic carbocycles. The summed E-state index contributed by atoms with van der Waals surface area (Å²) in [5, 5.41) is 0. The van der Waals surface area contributed by atoms with E-state index in [2.05, 4.69) is 24.3 Å². The van der Waals surface area contributed by atoms with E-state index in [1.165, 1.54) is 37.3 Å². The average Bonchev–Trinajstić information content (AvgIpc) is 2.77. The third kappa shape index (κ3) is 5.85. The molecule has 0 atom stereocenters. The molecule has 3 heteroatoms. The number of rotatable bonds is 4. The topological polar surface area (TPSA) is 35.5 Å². The highest BCUT2D eigenvalue weighted by Gasteiger charge is 2.35. The Hall–Kier alpha value is -2.29. The molecule has 154 valence electrons. The molecule has 1 saturated carbocycles. The van der Waals surface area contributed by atoms with Crippen LogP contribution in [0.5, 0.6) is 11.5 Å². The molecular weight excluding hydrogens is 348 g/mol. The second kappa shape index (κ2) is 12.2. The molecule has 0 N–H and O–H groups in total. The maximum absolute atomic E-state index is 11.1. The molecule has 1 aliphatic carbocycles. The number of hydrogen-bond acceptors (Lipinski definition) is 3. The zero-order valence-corrected chi connectivity index (χ0v) is 18.4. The zero-order chi connectivity index (χ0) is 21.0. The Bertz CT molecular complexity index is 681. The summed E-state index contributed by atoms with van der Waals surface area (Å²) >= 11 is 0. The summed E-state index contributed by atoms with van der Waals surface area (Å²) in [6.07, 6.45) is 6.05. The van der Waals surface area contributed by atoms with E-state index in [4.69, 9.17) is 9.47 Å². The van der Waals surface area contributed by atoms with Crippen molar-refractivity contribution in [1.29, 1.82) is 0 Å². The van der Waals surface area contributed by atoms with Gasteiger partial charge in [-0.2, -0.15) is 0 Å². The lowest BCUT2D eigenvalue weighted by Crippen LogP contribution is -2.30. The van der Waals surface area contributed by atoms with Crippen LogP contribution in [0.3, 0.4) is 0 Å². The van der Waals surface area contributed by atoms with Crippen LogP contribution in [0.4, 0.5) is 0 Å². The van der Waals surface area contributed by atoms with Crippen molar-refractivity contribution < 1.29 is 14.3 Å². The molecule has 0 radical (unpaired) electrons. The normalized spacial score (nSPS) is 14.5. The van der Waals surface area contributed by atoms with Crippen molar-refractivity contribution in [3.63, 3.8) is 0 Å². The Kier molecular flexibility index (Phi) is 10.4. The van der Waals surface area contributed by atoms with Gasteiger partial charge < -0.3 is 9.47 Å². The van der Waals surface area contributed by atoms with Gasteiger partial charge in [-0.15, -0.1) is 0 Å². The van der Waals surface area contributed by atoms with Crippen molar-refractivity contribution in [3.05, 3.63) is 59.7 Å². The van der Waals surface area contributed by atoms with Crippen LogP contribution in [-0.2, 0) is 10.2 Å². The van der Waals surface area contributed by atoms with E-state index in [1.54, 1.807) is 7.11 Å². The van der Waals surface area contributed by atoms with Crippen LogP contribution in [0.1, 0.15) is 77.8 Å². The second-order valence-corrected chi connectivity index (χ2v) is 6.49. The highest BCUT2D eigenvalue weighted by molar-refractivity contribution is 5.69. The molecular formula is C25H36O3. The largest absolute Gasteiger partial charge is 0.497 e. The number of benzene rings is 2. The van der Waals surface area contributed by atoms with E-state index in [-0.39, 0.29) is 11.4 Å². The zero-order valence-electron chi connectivity index (χ0n) is 18.4. The van der Waals surface area contributed by atoms with Crippen molar-refractivity contribution >= 4 is 5.97 Å². The van der Waals surface area contributed by atoms with Crippen LogP contribution < -0.4 is 9.47 Å². The fourth-order valence-corrected chi connectivity index (χ4v) is 3.82. The van der Waals surface area contributed by atoms with Crippen molar-refractivity contribution in [1.82, 2.24) is 0 Å². The molecule has 0 amide bonds. The first-order valence-electron chi connectivity index (χ1n) is 10.6. The Balaban J connectivity index is 0.000000921. The van der Waals surface area contributed by atoms with Crippen LogP contribution in [0.2, 0.25) is 0 Å². The molecule has 3 rings (SSSR count). The lowest BCUT2D eigenvalue weighted by Gasteiger charge is -2.38. The third-order valence-corrected chi connectivity index (χ3v) is 5.02. The van der Waals surface area contributed by atoms with Gasteiger partial charge in [0.15, 0.2) is 0 Å². The second-order valence-electron chi connectivity index (χ2n) is 6.49. The standard InChI is InChI=1S/C21H24O3.2C2H6/c1-16(22)24-20-12-8-18(9-13-20)21(14-4-3-5-15-21)17-6-10-19(23-2)11-7-17;2*1-2/h6-13H,3-5,14-15H2,1-2H3;2*1-2H3. The van der Waals surface area contributed by atoms with Crippen molar-refractivity contribution in [2.24, 2.45) is 0 Å². The predicted octanol–water partition coefficient (Wildman–Crippen LogP) is 6.92. The number of ether oxygens (including phenoxy) is 2. The summed E-state index contributed by atoms with van der Waals surface area (Å²) < 4.78 is 10.5. The van der Waals surface area contributed by atoms with Crippen LogP contribution >= 0.6 is 0 Å². The highest BCUT2D eigenvalue weighted by atomic mass is 16.5. The molecule has 1 aliphatic rings. The minimum Gasteiger partial charge on any atom is -0.497 e. The average molecular weight is 385 g/mol. The van der Waals surface area contributed by atoms with Gasteiger partial charge in [0.25, 0.3) is 0 Å². The van der Waals surface area contributed by atoms with Gasteiger partial charge in [0, 0.05) is 12.3 Å². The van der Waals surface area contributed by atoms with E-state index in [1.807, 2.05) is 52.0 Å². The lowest BCUT2D eigenvalue weighted by atomic mass is 9.65. The van der Waals surface area contributed by atoms with Gasteiger partial charge in [-0.1, -0.05) is 71.2 Å². The minimum atomic E-state index is -0.287. The monoisotopic (exact) mass is 384 g/mol. The van der Waals surface area contributed by atoms with Gasteiger partial charge in [0.05, 0.1) is 7.11 Å². The number of hydrogen-bond donors (Lipinski definition) is 0. The number of esters is 1. The summed E-state index contributed by atoms with van der Waals surface area (Å²) in [7, 11) is 1.69. The van der Waals surface area contributed by atoms with Gasteiger partial charge in [0.1, 0.15) is 11.5 Å². The maximum atomic E-state index is 11.1. The molecule has 0 aliphatic heterocycles. The summed E-state index contributed by atoms with van der Waals surface area (Å²) in [4.78, 5) is 11.1. The molecule has 1 fully saturated rings. The molecule has 0 heterocycles. The van der Waals surface area contributed by atoms with E-state index >= 15 is 0 Å². The lowest BCUT2D eigenvalue weighted by molar-refractivity contribution is -0.131. The third-order valence-electron chi connectivity index (χ3n) is 5.02. The molecule has 0 bridgehead atoms. The summed E-state index contributed by atoms with van der Waals surface area (Å²) in [6, 6.07) is 16.5. The Morgan fingerprint density at radius 2 is 1.18 bits per heavy atom. The van der Waals surface area contributed by atoms with E-state index in [0.29, 0.717) is 5.75 Å². The molecule has 2 aromatic rings. The summed E-state index contributed by atoms with van der Waals surface area (Å²) in [5.41, 5.74) is 2.67. The van der Waals surface area contributed by atoms with Gasteiger partial charge >= 0.3 is 5.97 Å². The van der Waals surface area contributed by atoms with Gasteiger partial charge in [-0.3, -0.25) is 4.79 Å². The number of carbonyl (C=O) groups excluding carboxylic acids is 1. The van der Waals surface area contributed by atoms with Crippen molar-refractivity contribution in [2.45, 2.75) is 72.1 Å². The van der Waals surface area contributed by atoms with E-state index < -0.39 is 0 Å². The highest BCUT2D eigenvalue weighted by Crippen LogP contribution is 2.45. The SMILES string of the molecule is CC.CC.COc1ccc(C2(c3ccc(OC(C)=O)cc3)CCCCC2)cc1. The van der Waals surface area contributed by atoms with Gasteiger partial charge in [0.2, 0.25) is 0 Å². The number of carbonyl (C=O) groups is 1. The molecule has 0 unspecified atom stereocenters. The smallest absolute Gasteiger partial charge is 0.308 e. The molecule has 3 nitrogen and oxygen atoms in total. The minimum absolute atomic E-state index is 0.0409. The van der Waals surface area contributed by atoms with Crippen LogP contribution in [0.15, 0.2) is 48.5 Å². The maximum Gasteiger partial charge on any atom is 0.308 e. The van der Waals surface area contributed by atoms with Crippen LogP contribution in [0.25, 0.3) is 0 Å². The predicted molar refractivity (Wildman–Crippen MR) is 117 cm³/mol. The Morgan fingerprint density at radius 3 is 1.57 bits per heavy atom.